The molecular weight excluding hydrogens is 432 g/mol. The molecule has 0 radical (unpaired) electrons. The van der Waals surface area contributed by atoms with Crippen LogP contribution in [0.4, 0.5) is 0 Å². The van der Waals surface area contributed by atoms with Crippen LogP contribution in [0.25, 0.3) is 0 Å². The molecule has 6 nitrogen and oxygen atoms in total. The first kappa shape index (κ1) is 23.1. The van der Waals surface area contributed by atoms with E-state index in [9.17, 15) is 19.8 Å². The van der Waals surface area contributed by atoms with Gasteiger partial charge in [0.2, 0.25) is 0 Å². The van der Waals surface area contributed by atoms with Crippen LogP contribution in [0.15, 0.2) is 23.8 Å². The van der Waals surface area contributed by atoms with Crippen molar-refractivity contribution >= 4 is 11.6 Å². The summed E-state index contributed by atoms with van der Waals surface area (Å²) in [5.41, 5.74) is -1.04. The molecular formula is C28H38O6. The third-order valence-corrected chi connectivity index (χ3v) is 10.8. The largest absolute Gasteiger partial charge is 0.393 e. The van der Waals surface area contributed by atoms with Crippen LogP contribution >= 0.6 is 0 Å². The Morgan fingerprint density at radius 1 is 1.18 bits per heavy atom. The molecule has 6 aliphatic rings. The molecule has 5 fully saturated rings. The van der Waals surface area contributed by atoms with Crippen molar-refractivity contribution in [3.8, 4) is 0 Å². The van der Waals surface area contributed by atoms with Crippen LogP contribution in [0.1, 0.15) is 71.6 Å². The van der Waals surface area contributed by atoms with E-state index in [1.807, 2.05) is 6.08 Å². The molecule has 0 amide bonds. The Bertz CT molecular complexity index is 949. The van der Waals surface area contributed by atoms with Gasteiger partial charge in [-0.05, 0) is 62.5 Å². The molecule has 0 unspecified atom stereocenters. The Labute approximate surface area is 201 Å². The van der Waals surface area contributed by atoms with Gasteiger partial charge in [0.05, 0.1) is 12.2 Å². The fraction of sp³-hybridized carbons (Fsp3) is 0.786. The fourth-order valence-electron chi connectivity index (χ4n) is 9.33. The van der Waals surface area contributed by atoms with Crippen molar-refractivity contribution in [2.75, 3.05) is 6.61 Å². The third-order valence-electron chi connectivity index (χ3n) is 10.8. The van der Waals surface area contributed by atoms with Crippen LogP contribution in [-0.2, 0) is 19.1 Å². The van der Waals surface area contributed by atoms with E-state index in [0.29, 0.717) is 6.42 Å². The number of carbonyl (C=O) groups excluding carboxylic acids is 2. The highest BCUT2D eigenvalue weighted by Crippen LogP contribution is 2.70. The summed E-state index contributed by atoms with van der Waals surface area (Å²) in [6, 6.07) is 0. The lowest BCUT2D eigenvalue weighted by Crippen LogP contribution is -2.63. The number of rotatable bonds is 3. The van der Waals surface area contributed by atoms with Gasteiger partial charge < -0.3 is 19.7 Å². The molecule has 34 heavy (non-hydrogen) atoms. The van der Waals surface area contributed by atoms with Crippen molar-refractivity contribution in [3.63, 3.8) is 0 Å². The number of ketones is 2. The summed E-state index contributed by atoms with van der Waals surface area (Å²) in [6.07, 6.45) is 12.5. The SMILES string of the molecule is C[C@]12C=CC(=O)C=C1CC[C@@H]1[C@@H]2[C@@H](O)C[C@@]2(C)[C@H]1C[C@@H]1O[C@@H](C3CCCCC3)O[C@]12C(=O)CO. The molecule has 6 heteroatoms. The lowest BCUT2D eigenvalue weighted by molar-refractivity contribution is -0.209. The predicted molar refractivity (Wildman–Crippen MR) is 125 cm³/mol. The first-order chi connectivity index (χ1) is 16.2. The number of hydrogen-bond donors (Lipinski definition) is 2. The summed E-state index contributed by atoms with van der Waals surface area (Å²) in [5.74, 6) is 0.360. The molecule has 2 N–H and O–H groups in total. The van der Waals surface area contributed by atoms with Crippen molar-refractivity contribution in [3.05, 3.63) is 23.8 Å². The number of hydrogen-bond acceptors (Lipinski definition) is 6. The van der Waals surface area contributed by atoms with Gasteiger partial charge in [-0.15, -0.1) is 0 Å². The van der Waals surface area contributed by atoms with Crippen molar-refractivity contribution in [2.24, 2.45) is 34.5 Å². The Balaban J connectivity index is 1.37. The van der Waals surface area contributed by atoms with Crippen molar-refractivity contribution in [1.82, 2.24) is 0 Å². The zero-order valence-corrected chi connectivity index (χ0v) is 20.4. The Kier molecular flexibility index (Phi) is 5.31. The number of carbonyl (C=O) groups is 2. The molecule has 4 saturated carbocycles. The molecule has 6 rings (SSSR count). The quantitative estimate of drug-likeness (QED) is 0.656. The van der Waals surface area contributed by atoms with Crippen LogP contribution in [0.3, 0.4) is 0 Å². The van der Waals surface area contributed by atoms with E-state index in [-0.39, 0.29) is 46.8 Å². The number of aliphatic hydroxyl groups excluding tert-OH is 2. The molecule has 0 bridgehead atoms. The van der Waals surface area contributed by atoms with Gasteiger partial charge in [0, 0.05) is 22.7 Å². The predicted octanol–water partition coefficient (Wildman–Crippen LogP) is 3.50. The zero-order chi connectivity index (χ0) is 23.9. The van der Waals surface area contributed by atoms with Gasteiger partial charge in [-0.2, -0.15) is 0 Å². The van der Waals surface area contributed by atoms with Gasteiger partial charge in [0.1, 0.15) is 6.61 Å². The molecule has 186 valence electrons. The average Bonchev–Trinajstić information content (AvgIpc) is 3.32. The maximum absolute atomic E-state index is 13.5. The van der Waals surface area contributed by atoms with Crippen molar-refractivity contribution in [1.29, 1.82) is 0 Å². The van der Waals surface area contributed by atoms with E-state index >= 15 is 0 Å². The van der Waals surface area contributed by atoms with E-state index in [1.165, 1.54) is 6.42 Å². The maximum Gasteiger partial charge on any atom is 0.193 e. The summed E-state index contributed by atoms with van der Waals surface area (Å²) in [4.78, 5) is 25.6. The number of allylic oxidation sites excluding steroid dienone is 4. The third kappa shape index (κ3) is 2.89. The molecule has 0 aromatic carbocycles. The van der Waals surface area contributed by atoms with Crippen LogP contribution in [0.5, 0.6) is 0 Å². The monoisotopic (exact) mass is 470 g/mol. The van der Waals surface area contributed by atoms with E-state index in [0.717, 1.165) is 50.5 Å². The van der Waals surface area contributed by atoms with E-state index < -0.39 is 30.0 Å². The smallest absolute Gasteiger partial charge is 0.193 e. The van der Waals surface area contributed by atoms with Gasteiger partial charge in [-0.1, -0.05) is 44.8 Å². The summed E-state index contributed by atoms with van der Waals surface area (Å²) in [7, 11) is 0. The van der Waals surface area contributed by atoms with Gasteiger partial charge in [0.15, 0.2) is 23.5 Å². The highest BCUT2D eigenvalue weighted by Gasteiger charge is 2.76. The van der Waals surface area contributed by atoms with Gasteiger partial charge >= 0.3 is 0 Å². The second kappa shape index (κ2) is 7.83. The Morgan fingerprint density at radius 3 is 2.68 bits per heavy atom. The van der Waals surface area contributed by atoms with Crippen LogP contribution < -0.4 is 0 Å². The van der Waals surface area contributed by atoms with Crippen molar-refractivity contribution < 1.29 is 29.3 Å². The van der Waals surface area contributed by atoms with Gasteiger partial charge in [0.25, 0.3) is 0 Å². The van der Waals surface area contributed by atoms with Crippen LogP contribution in [-0.4, -0.2) is 52.5 Å². The molecule has 1 heterocycles. The lowest BCUT2D eigenvalue weighted by atomic mass is 9.46. The summed E-state index contributed by atoms with van der Waals surface area (Å²) >= 11 is 0. The lowest BCUT2D eigenvalue weighted by Gasteiger charge is -2.59. The summed E-state index contributed by atoms with van der Waals surface area (Å²) in [5, 5.41) is 21.7. The van der Waals surface area contributed by atoms with Crippen LogP contribution in [0, 0.1) is 34.5 Å². The number of aliphatic hydroxyl groups is 2. The zero-order valence-electron chi connectivity index (χ0n) is 20.4. The second-order valence-corrected chi connectivity index (χ2v) is 12.3. The molecule has 0 aromatic heterocycles. The molecule has 9 atom stereocenters. The Hall–Kier alpha value is -1.34. The van der Waals surface area contributed by atoms with Gasteiger partial charge in [-0.25, -0.2) is 0 Å². The molecule has 1 aliphatic heterocycles. The highest BCUT2D eigenvalue weighted by atomic mass is 16.7. The fourth-order valence-corrected chi connectivity index (χ4v) is 9.33. The molecule has 5 aliphatic carbocycles. The number of ether oxygens (including phenoxy) is 2. The normalized spacial score (nSPS) is 50.2. The second-order valence-electron chi connectivity index (χ2n) is 12.3. The first-order valence-corrected chi connectivity index (χ1v) is 13.3. The van der Waals surface area contributed by atoms with E-state index in [1.54, 1.807) is 12.2 Å². The minimum absolute atomic E-state index is 0.0100. The molecule has 0 spiro atoms. The van der Waals surface area contributed by atoms with E-state index in [4.69, 9.17) is 9.47 Å². The maximum atomic E-state index is 13.5. The van der Waals surface area contributed by atoms with Gasteiger partial charge in [-0.3, -0.25) is 9.59 Å². The molecule has 0 aromatic rings. The van der Waals surface area contributed by atoms with Crippen molar-refractivity contribution in [2.45, 2.75) is 95.7 Å². The summed E-state index contributed by atoms with van der Waals surface area (Å²) in [6.45, 7) is 3.69. The minimum Gasteiger partial charge on any atom is -0.393 e. The highest BCUT2D eigenvalue weighted by molar-refractivity contribution is 6.01. The Morgan fingerprint density at radius 2 is 1.94 bits per heavy atom. The average molecular weight is 471 g/mol. The first-order valence-electron chi connectivity index (χ1n) is 13.3. The number of fused-ring (bicyclic) bond motifs is 7. The van der Waals surface area contributed by atoms with Crippen LogP contribution in [0.2, 0.25) is 0 Å². The standard InChI is InChI=1S/C28H38O6/c1-26-11-10-18(30)12-17(26)8-9-19-20-13-23-28(22(32)15-29,27(20,2)14-21(31)24(19)26)34-25(33-23)16-6-4-3-5-7-16/h10-12,16,19-21,23-25,29,31H,3-9,13-15H2,1-2H3/t19-,20-,21-,23-,24+,25+,26-,27-,28+/m0/s1. The minimum atomic E-state index is -1.20. The summed E-state index contributed by atoms with van der Waals surface area (Å²) < 4.78 is 13.3. The number of Topliss-reactive ketones (excluding diaryl/α,β-unsaturated/α-hetero) is 1. The molecule has 1 saturated heterocycles. The topological polar surface area (TPSA) is 93.1 Å². The van der Waals surface area contributed by atoms with E-state index in [2.05, 4.69) is 13.8 Å².